The summed E-state index contributed by atoms with van der Waals surface area (Å²) in [5, 5.41) is 0. The summed E-state index contributed by atoms with van der Waals surface area (Å²) in [5.74, 6) is -1.76. The van der Waals surface area contributed by atoms with E-state index in [1.54, 1.807) is 60.7 Å². The van der Waals surface area contributed by atoms with Gasteiger partial charge in [-0.25, -0.2) is 4.79 Å². The van der Waals surface area contributed by atoms with E-state index in [0.29, 0.717) is 22.5 Å². The SMILES string of the molecule is CC(=O)c1ccc(-c2ccc(C(=O)OCC(=O)NNC(=O)c3ccccc3)o2)cc1. The van der Waals surface area contributed by atoms with Crippen LogP contribution in [-0.4, -0.2) is 30.2 Å². The number of nitrogens with one attached hydrogen (secondary N) is 2. The van der Waals surface area contributed by atoms with Gasteiger partial charge in [-0.2, -0.15) is 0 Å². The molecule has 0 aliphatic carbocycles. The number of ketones is 1. The van der Waals surface area contributed by atoms with Crippen molar-refractivity contribution in [3.05, 3.63) is 83.6 Å². The van der Waals surface area contributed by atoms with Crippen molar-refractivity contribution < 1.29 is 28.3 Å². The summed E-state index contributed by atoms with van der Waals surface area (Å²) in [6, 6.07) is 18.0. The summed E-state index contributed by atoms with van der Waals surface area (Å²) in [4.78, 5) is 47.0. The van der Waals surface area contributed by atoms with Crippen LogP contribution in [0, 0.1) is 0 Å². The van der Waals surface area contributed by atoms with Gasteiger partial charge in [0, 0.05) is 16.7 Å². The lowest BCUT2D eigenvalue weighted by atomic mass is 10.1. The number of furan rings is 1. The fourth-order valence-electron chi connectivity index (χ4n) is 2.50. The van der Waals surface area contributed by atoms with E-state index in [2.05, 4.69) is 10.9 Å². The van der Waals surface area contributed by atoms with Crippen molar-refractivity contribution in [3.63, 3.8) is 0 Å². The highest BCUT2D eigenvalue weighted by atomic mass is 16.5. The molecular weight excluding hydrogens is 388 g/mol. The number of hydrazine groups is 1. The Balaban J connectivity index is 1.50. The topological polar surface area (TPSA) is 115 Å². The fraction of sp³-hybridized carbons (Fsp3) is 0.0909. The number of rotatable bonds is 6. The molecule has 0 aliphatic rings. The van der Waals surface area contributed by atoms with Crippen molar-refractivity contribution in [1.82, 2.24) is 10.9 Å². The molecule has 2 N–H and O–H groups in total. The molecule has 30 heavy (non-hydrogen) atoms. The second kappa shape index (κ2) is 9.33. The van der Waals surface area contributed by atoms with Crippen molar-refractivity contribution in [3.8, 4) is 11.3 Å². The van der Waals surface area contributed by atoms with Crippen LogP contribution < -0.4 is 10.9 Å². The number of benzene rings is 2. The smallest absolute Gasteiger partial charge is 0.374 e. The Morgan fingerprint density at radius 3 is 2.20 bits per heavy atom. The van der Waals surface area contributed by atoms with Gasteiger partial charge in [0.05, 0.1) is 0 Å². The number of esters is 1. The largest absolute Gasteiger partial charge is 0.450 e. The molecule has 2 amide bonds. The zero-order chi connectivity index (χ0) is 21.5. The first kappa shape index (κ1) is 20.5. The molecule has 0 atom stereocenters. The van der Waals surface area contributed by atoms with Crippen molar-refractivity contribution in [2.45, 2.75) is 6.92 Å². The Bertz CT molecular complexity index is 1070. The number of hydrogen-bond acceptors (Lipinski definition) is 6. The molecular formula is C22H18N2O6. The predicted octanol–water partition coefficient (Wildman–Crippen LogP) is 2.77. The molecule has 3 aromatic rings. The van der Waals surface area contributed by atoms with Gasteiger partial charge in [0.1, 0.15) is 5.76 Å². The Labute approximate surface area is 171 Å². The molecule has 8 nitrogen and oxygen atoms in total. The van der Waals surface area contributed by atoms with Crippen LogP contribution in [0.25, 0.3) is 11.3 Å². The minimum absolute atomic E-state index is 0.0523. The molecule has 0 spiro atoms. The van der Waals surface area contributed by atoms with Crippen LogP contribution in [0.1, 0.15) is 38.2 Å². The van der Waals surface area contributed by atoms with Gasteiger partial charge >= 0.3 is 5.97 Å². The minimum atomic E-state index is -0.828. The molecule has 3 rings (SSSR count). The van der Waals surface area contributed by atoms with Gasteiger partial charge in [0.25, 0.3) is 11.8 Å². The number of amides is 2. The van der Waals surface area contributed by atoms with Gasteiger partial charge in [-0.05, 0) is 31.2 Å². The molecule has 8 heteroatoms. The molecule has 0 unspecified atom stereocenters. The highest BCUT2D eigenvalue weighted by Gasteiger charge is 2.16. The fourth-order valence-corrected chi connectivity index (χ4v) is 2.50. The Morgan fingerprint density at radius 1 is 0.833 bits per heavy atom. The number of Topliss-reactive ketones (excluding diaryl/α,β-unsaturated/α-hetero) is 1. The van der Waals surface area contributed by atoms with Crippen molar-refractivity contribution in [2.75, 3.05) is 6.61 Å². The summed E-state index contributed by atoms with van der Waals surface area (Å²) < 4.78 is 10.3. The predicted molar refractivity (Wildman–Crippen MR) is 106 cm³/mol. The lowest BCUT2D eigenvalue weighted by Gasteiger charge is -2.07. The molecule has 152 valence electrons. The monoisotopic (exact) mass is 406 g/mol. The lowest BCUT2D eigenvalue weighted by Crippen LogP contribution is -2.43. The van der Waals surface area contributed by atoms with E-state index in [1.807, 2.05) is 0 Å². The van der Waals surface area contributed by atoms with Crippen LogP contribution in [0.15, 0.2) is 71.1 Å². The summed E-state index contributed by atoms with van der Waals surface area (Å²) in [7, 11) is 0. The van der Waals surface area contributed by atoms with E-state index in [4.69, 9.17) is 9.15 Å². The van der Waals surface area contributed by atoms with Crippen molar-refractivity contribution in [2.24, 2.45) is 0 Å². The van der Waals surface area contributed by atoms with Gasteiger partial charge in [-0.1, -0.05) is 42.5 Å². The molecule has 0 radical (unpaired) electrons. The van der Waals surface area contributed by atoms with E-state index in [1.165, 1.54) is 13.0 Å². The first-order valence-corrected chi connectivity index (χ1v) is 8.96. The highest BCUT2D eigenvalue weighted by molar-refractivity contribution is 5.96. The van der Waals surface area contributed by atoms with Crippen LogP contribution >= 0.6 is 0 Å². The minimum Gasteiger partial charge on any atom is -0.450 e. The first-order chi connectivity index (χ1) is 14.4. The van der Waals surface area contributed by atoms with Crippen molar-refractivity contribution in [1.29, 1.82) is 0 Å². The molecule has 2 aromatic carbocycles. The highest BCUT2D eigenvalue weighted by Crippen LogP contribution is 2.23. The second-order valence-electron chi connectivity index (χ2n) is 6.24. The maximum Gasteiger partial charge on any atom is 0.374 e. The second-order valence-corrected chi connectivity index (χ2v) is 6.24. The van der Waals surface area contributed by atoms with E-state index < -0.39 is 24.4 Å². The van der Waals surface area contributed by atoms with Crippen molar-refractivity contribution >= 4 is 23.6 Å². The van der Waals surface area contributed by atoms with E-state index in [0.717, 1.165) is 0 Å². The maximum atomic E-state index is 12.1. The Hall–Kier alpha value is -4.20. The number of carbonyl (C=O) groups excluding carboxylic acids is 4. The van der Waals surface area contributed by atoms with Crippen LogP contribution in [0.5, 0.6) is 0 Å². The average Bonchev–Trinajstić information content (AvgIpc) is 3.27. The first-order valence-electron chi connectivity index (χ1n) is 8.96. The number of carbonyl (C=O) groups is 4. The van der Waals surface area contributed by atoms with Crippen LogP contribution in [0.3, 0.4) is 0 Å². The number of ether oxygens (including phenoxy) is 1. The summed E-state index contributed by atoms with van der Waals surface area (Å²) in [5.41, 5.74) is 6.00. The molecule has 0 fully saturated rings. The van der Waals surface area contributed by atoms with E-state index >= 15 is 0 Å². The van der Waals surface area contributed by atoms with E-state index in [-0.39, 0.29) is 11.5 Å². The maximum absolute atomic E-state index is 12.1. The van der Waals surface area contributed by atoms with Gasteiger partial charge in [-0.15, -0.1) is 0 Å². The van der Waals surface area contributed by atoms with E-state index in [9.17, 15) is 19.2 Å². The van der Waals surface area contributed by atoms with Crippen LogP contribution in [-0.2, 0) is 9.53 Å². The third-order valence-electron chi connectivity index (χ3n) is 4.07. The van der Waals surface area contributed by atoms with Gasteiger partial charge < -0.3 is 9.15 Å². The standard InChI is InChI=1S/C22H18N2O6/c1-14(25)15-7-9-16(10-8-15)18-11-12-19(30-18)22(28)29-13-20(26)23-24-21(27)17-5-3-2-4-6-17/h2-12H,13H2,1H3,(H,23,26)(H,24,27). The zero-order valence-corrected chi connectivity index (χ0v) is 16.0. The normalized spacial score (nSPS) is 10.2. The molecule has 0 saturated heterocycles. The lowest BCUT2D eigenvalue weighted by molar-refractivity contribution is -0.125. The summed E-state index contributed by atoms with van der Waals surface area (Å²) >= 11 is 0. The van der Waals surface area contributed by atoms with Gasteiger partial charge in [0.15, 0.2) is 12.4 Å². The quantitative estimate of drug-likeness (QED) is 0.370. The Kier molecular flexibility index (Phi) is 6.39. The molecule has 0 aliphatic heterocycles. The third kappa shape index (κ3) is 5.20. The van der Waals surface area contributed by atoms with Gasteiger partial charge in [-0.3, -0.25) is 25.2 Å². The zero-order valence-electron chi connectivity index (χ0n) is 16.0. The van der Waals surface area contributed by atoms with Gasteiger partial charge in [0.2, 0.25) is 5.76 Å². The molecule has 1 heterocycles. The third-order valence-corrected chi connectivity index (χ3v) is 4.07. The van der Waals surface area contributed by atoms with Crippen LogP contribution in [0.2, 0.25) is 0 Å². The Morgan fingerprint density at radius 2 is 1.53 bits per heavy atom. The molecule has 1 aromatic heterocycles. The summed E-state index contributed by atoms with van der Waals surface area (Å²) in [6.07, 6.45) is 0. The number of hydrogen-bond donors (Lipinski definition) is 2. The van der Waals surface area contributed by atoms with Crippen LogP contribution in [0.4, 0.5) is 0 Å². The molecule has 0 saturated carbocycles. The summed E-state index contributed by atoms with van der Waals surface area (Å²) in [6.45, 7) is 0.872. The molecule has 0 bridgehead atoms. The average molecular weight is 406 g/mol.